The van der Waals surface area contributed by atoms with Gasteiger partial charge in [0.25, 0.3) is 0 Å². The molecule has 0 aromatic heterocycles. The van der Waals surface area contributed by atoms with Gasteiger partial charge < -0.3 is 19.6 Å². The van der Waals surface area contributed by atoms with Gasteiger partial charge in [-0.15, -0.1) is 0 Å². The second-order valence-corrected chi connectivity index (χ2v) is 8.48. The highest BCUT2D eigenvalue weighted by Crippen LogP contribution is 2.55. The van der Waals surface area contributed by atoms with Crippen LogP contribution in [0.5, 0.6) is 0 Å². The molecule has 4 N–H and O–H groups in total. The van der Waals surface area contributed by atoms with Crippen molar-refractivity contribution in [3.63, 3.8) is 0 Å². The second kappa shape index (κ2) is 6.55. The SMILES string of the molecule is O=P(O)(O)CC(S)CC(c1ccccc1)P(=O)(O)O. The molecule has 108 valence electrons. The highest BCUT2D eigenvalue weighted by atomic mass is 32.1. The fourth-order valence-corrected chi connectivity index (χ4v) is 4.55. The highest BCUT2D eigenvalue weighted by molar-refractivity contribution is 7.81. The standard InChI is InChI=1S/C10H16O6P2S/c11-17(12,13)7-9(19)6-10(18(14,15)16)8-4-2-1-3-5-8/h1-5,9-10,19H,6-7H2,(H2,11,12,13)(H2,14,15,16). The molecular formula is C10H16O6P2S. The molecule has 1 aromatic rings. The minimum Gasteiger partial charge on any atom is -0.324 e. The van der Waals surface area contributed by atoms with Gasteiger partial charge in [-0.2, -0.15) is 12.6 Å². The van der Waals surface area contributed by atoms with Crippen LogP contribution in [0.2, 0.25) is 0 Å². The Labute approximate surface area is 116 Å². The van der Waals surface area contributed by atoms with Crippen LogP contribution in [0.4, 0.5) is 0 Å². The number of hydrogen-bond donors (Lipinski definition) is 5. The van der Waals surface area contributed by atoms with Crippen LogP contribution in [0.3, 0.4) is 0 Å². The molecule has 0 amide bonds. The minimum atomic E-state index is -4.42. The number of rotatable bonds is 6. The Bertz CT molecular complexity index is 496. The maximum Gasteiger partial charge on any atom is 0.332 e. The molecule has 0 aliphatic rings. The Kier molecular flexibility index (Phi) is 5.83. The molecule has 9 heteroatoms. The minimum absolute atomic E-state index is 0.109. The van der Waals surface area contributed by atoms with Crippen molar-refractivity contribution in [2.24, 2.45) is 0 Å². The van der Waals surface area contributed by atoms with Crippen molar-refractivity contribution in [1.29, 1.82) is 0 Å². The third-order valence-corrected chi connectivity index (χ3v) is 5.45. The smallest absolute Gasteiger partial charge is 0.324 e. The van der Waals surface area contributed by atoms with Crippen molar-refractivity contribution < 1.29 is 28.7 Å². The summed E-state index contributed by atoms with van der Waals surface area (Å²) < 4.78 is 22.4. The van der Waals surface area contributed by atoms with Gasteiger partial charge in [0.15, 0.2) is 0 Å². The zero-order valence-corrected chi connectivity index (χ0v) is 12.6. The summed E-state index contributed by atoms with van der Waals surface area (Å²) in [6.07, 6.45) is -0.623. The second-order valence-electron chi connectivity index (χ2n) is 4.25. The van der Waals surface area contributed by atoms with Gasteiger partial charge in [-0.3, -0.25) is 9.13 Å². The Hall–Kier alpha value is -0.130. The Morgan fingerprint density at radius 1 is 1.05 bits per heavy atom. The molecule has 0 aliphatic heterocycles. The summed E-state index contributed by atoms with van der Waals surface area (Å²) in [4.78, 5) is 36.4. The number of hydrogen-bond acceptors (Lipinski definition) is 3. The predicted molar refractivity (Wildman–Crippen MR) is 75.5 cm³/mol. The molecule has 0 spiro atoms. The van der Waals surface area contributed by atoms with Gasteiger partial charge in [0.05, 0.1) is 11.8 Å². The van der Waals surface area contributed by atoms with Crippen LogP contribution in [0, 0.1) is 0 Å². The fraction of sp³-hybridized carbons (Fsp3) is 0.400. The molecule has 2 atom stereocenters. The summed E-state index contributed by atoms with van der Waals surface area (Å²) in [5, 5.41) is -0.793. The number of thiol groups is 1. The summed E-state index contributed by atoms with van der Waals surface area (Å²) in [5.41, 5.74) is -0.677. The van der Waals surface area contributed by atoms with E-state index in [0.717, 1.165) is 0 Å². The van der Waals surface area contributed by atoms with Crippen LogP contribution in [0.1, 0.15) is 17.6 Å². The molecule has 0 saturated carbocycles. The van der Waals surface area contributed by atoms with Gasteiger partial charge in [-0.25, -0.2) is 0 Å². The summed E-state index contributed by atoms with van der Waals surface area (Å²) in [6, 6.07) is 8.15. The highest BCUT2D eigenvalue weighted by Gasteiger charge is 2.33. The summed E-state index contributed by atoms with van der Waals surface area (Å²) >= 11 is 4.01. The van der Waals surface area contributed by atoms with Crippen LogP contribution in [-0.4, -0.2) is 31.0 Å². The lowest BCUT2D eigenvalue weighted by molar-refractivity contribution is 0.351. The molecule has 1 aromatic carbocycles. The van der Waals surface area contributed by atoms with Crippen molar-refractivity contribution >= 4 is 27.8 Å². The van der Waals surface area contributed by atoms with E-state index in [9.17, 15) is 18.9 Å². The van der Waals surface area contributed by atoms with E-state index >= 15 is 0 Å². The van der Waals surface area contributed by atoms with Crippen LogP contribution < -0.4 is 0 Å². The van der Waals surface area contributed by atoms with E-state index in [4.69, 9.17) is 9.79 Å². The normalized spacial score (nSPS) is 16.1. The van der Waals surface area contributed by atoms with Crippen molar-refractivity contribution in [2.45, 2.75) is 17.3 Å². The first-order valence-corrected chi connectivity index (χ1v) is 9.42. The maximum absolute atomic E-state index is 11.5. The summed E-state index contributed by atoms with van der Waals surface area (Å²) in [7, 11) is -8.67. The molecule has 0 radical (unpaired) electrons. The lowest BCUT2D eigenvalue weighted by Gasteiger charge is -2.22. The molecule has 19 heavy (non-hydrogen) atoms. The van der Waals surface area contributed by atoms with Gasteiger partial charge in [0.2, 0.25) is 0 Å². The Balaban J connectivity index is 2.90. The zero-order valence-electron chi connectivity index (χ0n) is 9.90. The maximum atomic E-state index is 11.5. The van der Waals surface area contributed by atoms with Crippen molar-refractivity contribution in [1.82, 2.24) is 0 Å². The number of benzene rings is 1. The monoisotopic (exact) mass is 326 g/mol. The first-order chi connectivity index (χ1) is 8.59. The van der Waals surface area contributed by atoms with Crippen molar-refractivity contribution in [3.05, 3.63) is 35.9 Å². The fourth-order valence-electron chi connectivity index (χ4n) is 1.75. The molecule has 0 heterocycles. The van der Waals surface area contributed by atoms with Gasteiger partial charge >= 0.3 is 15.2 Å². The molecule has 0 saturated heterocycles. The average molecular weight is 326 g/mol. The van der Waals surface area contributed by atoms with Crippen LogP contribution in [-0.2, 0) is 9.13 Å². The van der Waals surface area contributed by atoms with E-state index in [2.05, 4.69) is 12.6 Å². The molecule has 0 fully saturated rings. The van der Waals surface area contributed by atoms with Crippen LogP contribution in [0.25, 0.3) is 0 Å². The van der Waals surface area contributed by atoms with Crippen LogP contribution >= 0.6 is 27.8 Å². The van der Waals surface area contributed by atoms with Gasteiger partial charge in [0, 0.05) is 5.25 Å². The molecule has 2 unspecified atom stereocenters. The Morgan fingerprint density at radius 3 is 2.00 bits per heavy atom. The third kappa shape index (κ3) is 6.23. The van der Waals surface area contributed by atoms with Crippen molar-refractivity contribution in [3.8, 4) is 0 Å². The van der Waals surface area contributed by atoms with Gasteiger partial charge in [-0.1, -0.05) is 30.3 Å². The zero-order chi connectivity index (χ0) is 14.7. The molecule has 6 nitrogen and oxygen atoms in total. The van der Waals surface area contributed by atoms with Gasteiger partial charge in [0.1, 0.15) is 0 Å². The first kappa shape index (κ1) is 16.9. The Morgan fingerprint density at radius 2 is 1.58 bits per heavy atom. The van der Waals surface area contributed by atoms with E-state index in [1.54, 1.807) is 30.3 Å². The third-order valence-electron chi connectivity index (χ3n) is 2.53. The molecule has 0 aliphatic carbocycles. The van der Waals surface area contributed by atoms with Crippen molar-refractivity contribution in [2.75, 3.05) is 6.16 Å². The van der Waals surface area contributed by atoms with E-state index in [1.807, 2.05) is 0 Å². The first-order valence-electron chi connectivity index (χ1n) is 5.42. The molecule has 1 rings (SSSR count). The molecular weight excluding hydrogens is 310 g/mol. The lowest BCUT2D eigenvalue weighted by Crippen LogP contribution is -2.12. The average Bonchev–Trinajstić information content (AvgIpc) is 2.23. The largest absolute Gasteiger partial charge is 0.332 e. The van der Waals surface area contributed by atoms with E-state index in [1.165, 1.54) is 0 Å². The lowest BCUT2D eigenvalue weighted by atomic mass is 10.1. The topological polar surface area (TPSA) is 115 Å². The van der Waals surface area contributed by atoms with E-state index in [-0.39, 0.29) is 6.42 Å². The van der Waals surface area contributed by atoms with E-state index in [0.29, 0.717) is 5.56 Å². The van der Waals surface area contributed by atoms with Gasteiger partial charge in [-0.05, 0) is 12.0 Å². The van der Waals surface area contributed by atoms with E-state index < -0.39 is 32.3 Å². The molecule has 0 bridgehead atoms. The summed E-state index contributed by atoms with van der Waals surface area (Å²) in [5.74, 6) is 0. The van der Waals surface area contributed by atoms with Crippen LogP contribution in [0.15, 0.2) is 30.3 Å². The quantitative estimate of drug-likeness (QED) is 0.402. The predicted octanol–water partition coefficient (Wildman–Crippen LogP) is 1.77. The summed E-state index contributed by atoms with van der Waals surface area (Å²) in [6.45, 7) is 0.